The molecule has 2 aromatic rings. The maximum atomic E-state index is 14.0. The van der Waals surface area contributed by atoms with E-state index in [1.165, 1.54) is 13.0 Å². The van der Waals surface area contributed by atoms with Crippen molar-refractivity contribution in [3.8, 4) is 11.3 Å². The maximum Gasteiger partial charge on any atom is 0.242 e. The molecule has 2 amide bonds. The number of amides is 2. The fourth-order valence-corrected chi connectivity index (χ4v) is 2.60. The number of fused-ring (bicyclic) bond motifs is 1. The average molecular weight is 317 g/mol. The summed E-state index contributed by atoms with van der Waals surface area (Å²) in [4.78, 5) is 24.7. The molecule has 1 N–H and O–H groups in total. The Balaban J connectivity index is 1.83. The third kappa shape index (κ3) is 3.08. The van der Waals surface area contributed by atoms with Gasteiger partial charge in [0.05, 0.1) is 13.1 Å². The molecule has 0 bridgehead atoms. The molecular weight excluding hydrogens is 301 g/mol. The molecule has 120 valence electrons. The molecule has 0 spiro atoms. The van der Waals surface area contributed by atoms with E-state index in [0.29, 0.717) is 36.5 Å². The summed E-state index contributed by atoms with van der Waals surface area (Å²) < 4.78 is 19.3. The lowest BCUT2D eigenvalue weighted by molar-refractivity contribution is -0.133. The standard InChI is InChI=1S/C16H16FN3O3/c1-10(21)18-8-15(22)20-7-6-14-12(9-20)16(19-23-14)11-4-2-3-5-13(11)17/h2-5H,6-9H2,1H3,(H,18,21). The van der Waals surface area contributed by atoms with Crippen LogP contribution in [0.25, 0.3) is 11.3 Å². The van der Waals surface area contributed by atoms with Gasteiger partial charge in [0.15, 0.2) is 0 Å². The smallest absolute Gasteiger partial charge is 0.242 e. The van der Waals surface area contributed by atoms with Gasteiger partial charge in [-0.3, -0.25) is 9.59 Å². The Kier molecular flexibility index (Phi) is 4.10. The normalized spacial score (nSPS) is 13.6. The SMILES string of the molecule is CC(=O)NCC(=O)N1CCc2onc(-c3ccccc3F)c2C1. The molecular formula is C16H16FN3O3. The first-order valence-electron chi connectivity index (χ1n) is 7.31. The van der Waals surface area contributed by atoms with Crippen molar-refractivity contribution in [3.63, 3.8) is 0 Å². The molecule has 1 aliphatic rings. The average Bonchev–Trinajstić information content (AvgIpc) is 2.96. The molecule has 7 heteroatoms. The zero-order valence-electron chi connectivity index (χ0n) is 12.6. The second-order valence-corrected chi connectivity index (χ2v) is 5.39. The molecule has 6 nitrogen and oxygen atoms in total. The Morgan fingerprint density at radius 2 is 2.17 bits per heavy atom. The molecule has 0 unspecified atom stereocenters. The number of rotatable bonds is 3. The van der Waals surface area contributed by atoms with Gasteiger partial charge in [-0.05, 0) is 12.1 Å². The third-order valence-corrected chi connectivity index (χ3v) is 3.80. The monoisotopic (exact) mass is 317 g/mol. The van der Waals surface area contributed by atoms with Gasteiger partial charge >= 0.3 is 0 Å². The molecule has 0 fully saturated rings. The van der Waals surface area contributed by atoms with Crippen LogP contribution in [0.4, 0.5) is 4.39 Å². The Hall–Kier alpha value is -2.70. The number of nitrogens with zero attached hydrogens (tertiary/aromatic N) is 2. The summed E-state index contributed by atoms with van der Waals surface area (Å²) in [6.07, 6.45) is 0.516. The fourth-order valence-electron chi connectivity index (χ4n) is 2.60. The highest BCUT2D eigenvalue weighted by molar-refractivity contribution is 5.84. The van der Waals surface area contributed by atoms with E-state index in [0.717, 1.165) is 5.56 Å². The summed E-state index contributed by atoms with van der Waals surface area (Å²) in [5, 5.41) is 6.46. The molecule has 1 aromatic carbocycles. The Bertz CT molecular complexity index is 757. The van der Waals surface area contributed by atoms with Gasteiger partial charge in [-0.15, -0.1) is 0 Å². The highest BCUT2D eigenvalue weighted by atomic mass is 19.1. The quantitative estimate of drug-likeness (QED) is 0.931. The summed E-state index contributed by atoms with van der Waals surface area (Å²) in [6, 6.07) is 6.32. The summed E-state index contributed by atoms with van der Waals surface area (Å²) in [6.45, 7) is 2.08. The zero-order chi connectivity index (χ0) is 16.4. The van der Waals surface area contributed by atoms with E-state index in [2.05, 4.69) is 10.5 Å². The first kappa shape index (κ1) is 15.2. The molecule has 23 heavy (non-hydrogen) atoms. The number of hydrogen-bond donors (Lipinski definition) is 1. The van der Waals surface area contributed by atoms with Crippen LogP contribution in [0, 0.1) is 5.82 Å². The first-order chi connectivity index (χ1) is 11.1. The fraction of sp³-hybridized carbons (Fsp3) is 0.312. The second kappa shape index (κ2) is 6.20. The maximum absolute atomic E-state index is 14.0. The minimum atomic E-state index is -0.384. The lowest BCUT2D eigenvalue weighted by Crippen LogP contribution is -2.42. The van der Waals surface area contributed by atoms with E-state index in [1.807, 2.05) is 0 Å². The van der Waals surface area contributed by atoms with Gasteiger partial charge in [-0.1, -0.05) is 17.3 Å². The van der Waals surface area contributed by atoms with E-state index < -0.39 is 0 Å². The molecule has 0 radical (unpaired) electrons. The van der Waals surface area contributed by atoms with Gasteiger partial charge in [0, 0.05) is 31.0 Å². The van der Waals surface area contributed by atoms with Crippen LogP contribution in [-0.2, 0) is 22.6 Å². The van der Waals surface area contributed by atoms with Crippen LogP contribution in [0.3, 0.4) is 0 Å². The number of hydrogen-bond acceptors (Lipinski definition) is 4. The zero-order valence-corrected chi connectivity index (χ0v) is 12.6. The number of aromatic nitrogens is 1. The van der Waals surface area contributed by atoms with E-state index in [9.17, 15) is 14.0 Å². The van der Waals surface area contributed by atoms with Gasteiger partial charge in [0.25, 0.3) is 0 Å². The van der Waals surface area contributed by atoms with E-state index in [1.54, 1.807) is 23.1 Å². The van der Waals surface area contributed by atoms with Crippen LogP contribution in [0.15, 0.2) is 28.8 Å². The number of carbonyl (C=O) groups excluding carboxylic acids is 2. The van der Waals surface area contributed by atoms with Crippen molar-refractivity contribution in [1.82, 2.24) is 15.4 Å². The van der Waals surface area contributed by atoms with Crippen molar-refractivity contribution >= 4 is 11.8 Å². The highest BCUT2D eigenvalue weighted by Crippen LogP contribution is 2.31. The van der Waals surface area contributed by atoms with Crippen molar-refractivity contribution < 1.29 is 18.5 Å². The predicted octanol–water partition coefficient (Wildman–Crippen LogP) is 1.50. The van der Waals surface area contributed by atoms with Crippen LogP contribution in [0.1, 0.15) is 18.2 Å². The number of benzene rings is 1. The number of nitrogens with one attached hydrogen (secondary N) is 1. The largest absolute Gasteiger partial charge is 0.360 e. The topological polar surface area (TPSA) is 75.4 Å². The molecule has 2 heterocycles. The van der Waals surface area contributed by atoms with Gasteiger partial charge < -0.3 is 14.7 Å². The Morgan fingerprint density at radius 3 is 2.91 bits per heavy atom. The lowest BCUT2D eigenvalue weighted by Gasteiger charge is -2.26. The Labute approximate surface area is 132 Å². The molecule has 0 saturated heterocycles. The molecule has 3 rings (SSSR count). The van der Waals surface area contributed by atoms with Gasteiger partial charge in [0.1, 0.15) is 17.3 Å². The third-order valence-electron chi connectivity index (χ3n) is 3.80. The van der Waals surface area contributed by atoms with Crippen molar-refractivity contribution in [3.05, 3.63) is 41.4 Å². The van der Waals surface area contributed by atoms with Crippen molar-refractivity contribution in [2.75, 3.05) is 13.1 Å². The van der Waals surface area contributed by atoms with E-state index in [-0.39, 0.29) is 24.2 Å². The van der Waals surface area contributed by atoms with Crippen LogP contribution < -0.4 is 5.32 Å². The van der Waals surface area contributed by atoms with Crippen LogP contribution >= 0.6 is 0 Å². The van der Waals surface area contributed by atoms with Gasteiger partial charge in [-0.2, -0.15) is 0 Å². The summed E-state index contributed by atoms with van der Waals surface area (Å²) in [5.41, 5.74) is 1.50. The summed E-state index contributed by atoms with van der Waals surface area (Å²) in [7, 11) is 0. The summed E-state index contributed by atoms with van der Waals surface area (Å²) in [5.74, 6) is -0.156. The minimum Gasteiger partial charge on any atom is -0.360 e. The molecule has 0 atom stereocenters. The number of carbonyl (C=O) groups is 2. The molecule has 1 aromatic heterocycles. The second-order valence-electron chi connectivity index (χ2n) is 5.39. The summed E-state index contributed by atoms with van der Waals surface area (Å²) >= 11 is 0. The van der Waals surface area contributed by atoms with Crippen molar-refractivity contribution in [2.45, 2.75) is 19.9 Å². The highest BCUT2D eigenvalue weighted by Gasteiger charge is 2.28. The molecule has 0 aliphatic carbocycles. The van der Waals surface area contributed by atoms with Crippen LogP contribution in [-0.4, -0.2) is 35.0 Å². The van der Waals surface area contributed by atoms with Gasteiger partial charge in [-0.25, -0.2) is 4.39 Å². The van der Waals surface area contributed by atoms with E-state index >= 15 is 0 Å². The Morgan fingerprint density at radius 1 is 1.39 bits per heavy atom. The lowest BCUT2D eigenvalue weighted by atomic mass is 10.0. The van der Waals surface area contributed by atoms with Crippen LogP contribution in [0.5, 0.6) is 0 Å². The number of halogens is 1. The predicted molar refractivity (Wildman–Crippen MR) is 79.7 cm³/mol. The van der Waals surface area contributed by atoms with E-state index in [4.69, 9.17) is 4.52 Å². The molecule has 1 aliphatic heterocycles. The van der Waals surface area contributed by atoms with Crippen LogP contribution in [0.2, 0.25) is 0 Å². The van der Waals surface area contributed by atoms with Crippen molar-refractivity contribution in [2.24, 2.45) is 0 Å². The van der Waals surface area contributed by atoms with Crippen molar-refractivity contribution in [1.29, 1.82) is 0 Å². The minimum absolute atomic E-state index is 0.0506. The molecule has 0 saturated carbocycles. The van der Waals surface area contributed by atoms with Gasteiger partial charge in [0.2, 0.25) is 11.8 Å². The first-order valence-corrected chi connectivity index (χ1v) is 7.31.